The highest BCUT2D eigenvalue weighted by molar-refractivity contribution is 7.99. The molecule has 0 bridgehead atoms. The van der Waals surface area contributed by atoms with Gasteiger partial charge in [0.15, 0.2) is 11.5 Å². The van der Waals surface area contributed by atoms with Crippen LogP contribution in [0.5, 0.6) is 11.5 Å². The van der Waals surface area contributed by atoms with E-state index in [4.69, 9.17) is 14.6 Å². The number of carbonyl (C=O) groups excluding carboxylic acids is 1. The fraction of sp³-hybridized carbons (Fsp3) is 0.385. The van der Waals surface area contributed by atoms with Crippen LogP contribution >= 0.6 is 11.8 Å². The van der Waals surface area contributed by atoms with Crippen LogP contribution in [0.3, 0.4) is 0 Å². The van der Waals surface area contributed by atoms with Gasteiger partial charge in [0, 0.05) is 17.8 Å². The molecule has 0 aliphatic carbocycles. The minimum absolute atomic E-state index is 0.179. The first-order chi connectivity index (χ1) is 17.0. The van der Waals surface area contributed by atoms with Crippen LogP contribution in [0.15, 0.2) is 52.4 Å². The summed E-state index contributed by atoms with van der Waals surface area (Å²) < 4.78 is 12.9. The second kappa shape index (κ2) is 10.9. The number of unbranched alkanes of at least 4 members (excludes halogenated alkanes) is 3. The molecule has 4 rings (SSSR count). The average Bonchev–Trinajstić information content (AvgIpc) is 2.86. The lowest BCUT2D eigenvalue weighted by Gasteiger charge is -2.32. The Morgan fingerprint density at radius 1 is 1.11 bits per heavy atom. The molecule has 3 aromatic rings. The van der Waals surface area contributed by atoms with E-state index in [1.165, 1.54) is 31.5 Å². The second-order valence-corrected chi connectivity index (χ2v) is 9.41. The Bertz CT molecular complexity index is 1280. The molecule has 1 aromatic heterocycles. The number of nitrogens with one attached hydrogen (secondary N) is 1. The second-order valence-electron chi connectivity index (χ2n) is 8.32. The molecule has 9 heteroatoms. The van der Waals surface area contributed by atoms with Crippen molar-refractivity contribution in [2.45, 2.75) is 50.9 Å². The van der Waals surface area contributed by atoms with Crippen LogP contribution in [0.1, 0.15) is 51.3 Å². The summed E-state index contributed by atoms with van der Waals surface area (Å²) in [6.45, 7) is 3.69. The Labute approximate surface area is 209 Å². The van der Waals surface area contributed by atoms with Gasteiger partial charge < -0.3 is 9.47 Å². The van der Waals surface area contributed by atoms with Gasteiger partial charge >= 0.3 is 11.3 Å². The highest BCUT2D eigenvalue weighted by Crippen LogP contribution is 2.42. The number of hydrogen-bond donors (Lipinski definition) is 1. The van der Waals surface area contributed by atoms with Crippen molar-refractivity contribution in [3.63, 3.8) is 0 Å². The summed E-state index contributed by atoms with van der Waals surface area (Å²) in [5, 5.41) is 5.36. The molecule has 0 unspecified atom stereocenters. The standard InChI is InChI=1S/C26H30N4O4S/c1-5-6-7-10-16-35-26-27-24(32)22-18-12-8-9-14-20(18)29(17(2)31)25(30(22)28-26)19-13-11-15-21(33-3)23(19)34-4/h8-9,11-15,25H,5-7,10,16H2,1-4H3/p+1/t25-/m0/s1. The molecule has 0 fully saturated rings. The molecule has 1 aliphatic heterocycles. The van der Waals surface area contributed by atoms with Gasteiger partial charge in [-0.05, 0) is 35.4 Å². The number of hydrogen-bond acceptors (Lipinski definition) is 6. The number of thioether (sulfide) groups is 1. The summed E-state index contributed by atoms with van der Waals surface area (Å²) in [6, 6.07) is 12.9. The van der Waals surface area contributed by atoms with E-state index in [0.717, 1.165) is 18.6 Å². The summed E-state index contributed by atoms with van der Waals surface area (Å²) in [6.07, 6.45) is 3.80. The van der Waals surface area contributed by atoms with Crippen molar-refractivity contribution in [3.05, 3.63) is 58.4 Å². The van der Waals surface area contributed by atoms with Crippen LogP contribution in [0.25, 0.3) is 11.3 Å². The molecule has 35 heavy (non-hydrogen) atoms. The average molecular weight is 496 g/mol. The SMILES string of the molecule is CCCCCCSc1n[n+]2c(c(=O)[nH]1)-c1ccccc1N(C(C)=O)[C@@H]2c1cccc(OC)c1OC. The summed E-state index contributed by atoms with van der Waals surface area (Å²) in [5.74, 6) is 1.69. The van der Waals surface area contributed by atoms with Crippen LogP contribution in [0.2, 0.25) is 0 Å². The third-order valence-electron chi connectivity index (χ3n) is 6.05. The zero-order valence-electron chi connectivity index (χ0n) is 20.5. The first-order valence-corrected chi connectivity index (χ1v) is 12.8. The Balaban J connectivity index is 1.92. The van der Waals surface area contributed by atoms with Gasteiger partial charge in [0.1, 0.15) is 0 Å². The molecule has 1 N–H and O–H groups in total. The van der Waals surface area contributed by atoms with E-state index in [9.17, 15) is 9.59 Å². The third kappa shape index (κ3) is 4.77. The maximum atomic E-state index is 13.4. The number of aromatic nitrogens is 3. The summed E-state index contributed by atoms with van der Waals surface area (Å²) in [4.78, 5) is 31.1. The van der Waals surface area contributed by atoms with Crippen LogP contribution in [-0.2, 0) is 4.79 Å². The summed E-state index contributed by atoms with van der Waals surface area (Å²) in [5.41, 5.74) is 2.10. The van der Waals surface area contributed by atoms with E-state index in [0.29, 0.717) is 39.2 Å². The Morgan fingerprint density at radius 2 is 1.91 bits per heavy atom. The van der Waals surface area contributed by atoms with Crippen molar-refractivity contribution in [1.29, 1.82) is 0 Å². The number of rotatable bonds is 9. The number of para-hydroxylation sites is 2. The fourth-order valence-corrected chi connectivity index (χ4v) is 5.32. The maximum absolute atomic E-state index is 13.4. The number of methoxy groups -OCH3 is 2. The van der Waals surface area contributed by atoms with E-state index < -0.39 is 6.17 Å². The smallest absolute Gasteiger partial charge is 0.325 e. The molecule has 0 saturated heterocycles. The van der Waals surface area contributed by atoms with Gasteiger partial charge in [-0.1, -0.05) is 56.1 Å². The number of ether oxygens (including phenoxy) is 2. The molecule has 0 saturated carbocycles. The molecule has 1 amide bonds. The van der Waals surface area contributed by atoms with Crippen molar-refractivity contribution >= 4 is 23.4 Å². The van der Waals surface area contributed by atoms with Gasteiger partial charge in [-0.3, -0.25) is 14.6 Å². The van der Waals surface area contributed by atoms with Crippen molar-refractivity contribution < 1.29 is 19.0 Å². The number of benzene rings is 2. The van der Waals surface area contributed by atoms with Gasteiger partial charge in [0.25, 0.3) is 6.17 Å². The Hall–Kier alpha value is -3.33. The maximum Gasteiger partial charge on any atom is 0.325 e. The van der Waals surface area contributed by atoms with E-state index in [2.05, 4.69) is 11.9 Å². The normalized spacial score (nSPS) is 14.3. The Kier molecular flexibility index (Phi) is 7.75. The topological polar surface area (TPSA) is 88.4 Å². The molecule has 0 radical (unpaired) electrons. The number of aromatic amines is 1. The Morgan fingerprint density at radius 3 is 2.63 bits per heavy atom. The van der Waals surface area contributed by atoms with Crippen LogP contribution < -0.4 is 24.6 Å². The lowest BCUT2D eigenvalue weighted by Crippen LogP contribution is -2.60. The molecular formula is C26H31N4O4S+. The number of anilines is 1. The monoisotopic (exact) mass is 495 g/mol. The quantitative estimate of drug-likeness (QED) is 0.270. The molecular weight excluding hydrogens is 464 g/mol. The highest BCUT2D eigenvalue weighted by Gasteiger charge is 2.46. The minimum Gasteiger partial charge on any atom is -0.493 e. The molecule has 1 atom stereocenters. The first-order valence-electron chi connectivity index (χ1n) is 11.8. The number of nitrogens with zero attached hydrogens (tertiary/aromatic N) is 3. The lowest BCUT2D eigenvalue weighted by atomic mass is 10.0. The van der Waals surface area contributed by atoms with E-state index >= 15 is 0 Å². The third-order valence-corrected chi connectivity index (χ3v) is 7.00. The lowest BCUT2D eigenvalue weighted by molar-refractivity contribution is -0.763. The zero-order chi connectivity index (χ0) is 24.9. The van der Waals surface area contributed by atoms with Gasteiger partial charge in [-0.2, -0.15) is 0 Å². The fourth-order valence-electron chi connectivity index (χ4n) is 4.47. The molecule has 2 aromatic carbocycles. The number of fused-ring (bicyclic) bond motifs is 3. The van der Waals surface area contributed by atoms with E-state index in [1.807, 2.05) is 36.4 Å². The molecule has 2 heterocycles. The molecule has 8 nitrogen and oxygen atoms in total. The van der Waals surface area contributed by atoms with Crippen LogP contribution in [-0.4, -0.2) is 36.0 Å². The minimum atomic E-state index is -0.732. The van der Waals surface area contributed by atoms with Crippen molar-refractivity contribution in [3.8, 4) is 22.8 Å². The van der Waals surface area contributed by atoms with Crippen molar-refractivity contribution in [2.24, 2.45) is 0 Å². The van der Waals surface area contributed by atoms with Crippen molar-refractivity contribution in [2.75, 3.05) is 24.9 Å². The molecule has 1 aliphatic rings. The van der Waals surface area contributed by atoms with E-state index in [1.54, 1.807) is 29.9 Å². The van der Waals surface area contributed by atoms with E-state index in [-0.39, 0.29) is 11.5 Å². The first kappa shape index (κ1) is 24.8. The number of amides is 1. The van der Waals surface area contributed by atoms with Gasteiger partial charge in [-0.15, -0.1) is 0 Å². The van der Waals surface area contributed by atoms with Crippen molar-refractivity contribution in [1.82, 2.24) is 10.1 Å². The highest BCUT2D eigenvalue weighted by atomic mass is 32.2. The predicted octanol–water partition coefficient (Wildman–Crippen LogP) is 4.33. The van der Waals surface area contributed by atoms with Gasteiger partial charge in [0.05, 0.1) is 31.0 Å². The number of carbonyl (C=O) groups is 1. The van der Waals surface area contributed by atoms with Gasteiger partial charge in [-0.25, -0.2) is 4.90 Å². The molecule has 0 spiro atoms. The summed E-state index contributed by atoms with van der Waals surface area (Å²) >= 11 is 1.52. The predicted molar refractivity (Wildman–Crippen MR) is 136 cm³/mol. The van der Waals surface area contributed by atoms with Gasteiger partial charge in [0.2, 0.25) is 11.1 Å². The zero-order valence-corrected chi connectivity index (χ0v) is 21.4. The van der Waals surface area contributed by atoms with Crippen LogP contribution in [0.4, 0.5) is 5.69 Å². The number of H-pyrrole nitrogens is 1. The summed E-state index contributed by atoms with van der Waals surface area (Å²) in [7, 11) is 3.13. The largest absolute Gasteiger partial charge is 0.493 e. The molecule has 184 valence electrons. The van der Waals surface area contributed by atoms with Crippen LogP contribution in [0, 0.1) is 0 Å².